The maximum Gasteiger partial charge on any atom is 0.337 e. The number of rotatable bonds is 4. The van der Waals surface area contributed by atoms with Crippen molar-refractivity contribution in [2.24, 2.45) is 7.05 Å². The maximum absolute atomic E-state index is 13.1. The normalized spacial score (nSPS) is 11.4. The van der Waals surface area contributed by atoms with Crippen LogP contribution in [-0.2, 0) is 17.1 Å². The number of anilines is 1. The fraction of sp³-hybridized carbons (Fsp3) is 0.167. The number of nitrogens with one attached hydrogen (secondary N) is 1. The average Bonchev–Trinajstić information content (AvgIpc) is 2.71. The molecular weight excluding hydrogens is 301 g/mol. The van der Waals surface area contributed by atoms with Gasteiger partial charge in [-0.1, -0.05) is 0 Å². The van der Waals surface area contributed by atoms with Crippen LogP contribution in [0.1, 0.15) is 15.9 Å². The van der Waals surface area contributed by atoms with Crippen LogP contribution in [0.2, 0.25) is 0 Å². The zero-order valence-electron chi connectivity index (χ0n) is 11.2. The standard InChI is InChI=1S/C12H12FN3O4S/c1-7-6-14-16(2)11(7)21(19,20)15-10-4-3-8(13)5-9(10)12(17)18/h3-6,15H,1-2H3,(H,17,18). The lowest BCUT2D eigenvalue weighted by Gasteiger charge is -2.11. The second kappa shape index (κ2) is 5.17. The third-order valence-corrected chi connectivity index (χ3v) is 4.35. The van der Waals surface area contributed by atoms with Crippen molar-refractivity contribution in [2.75, 3.05) is 4.72 Å². The van der Waals surface area contributed by atoms with E-state index in [2.05, 4.69) is 9.82 Å². The van der Waals surface area contributed by atoms with Crippen molar-refractivity contribution >= 4 is 21.7 Å². The number of carboxylic acids is 1. The van der Waals surface area contributed by atoms with Gasteiger partial charge in [-0.05, 0) is 25.1 Å². The molecule has 7 nitrogen and oxygen atoms in total. The molecule has 0 saturated carbocycles. The molecule has 0 saturated heterocycles. The maximum atomic E-state index is 13.1. The van der Waals surface area contributed by atoms with E-state index in [9.17, 15) is 17.6 Å². The van der Waals surface area contributed by atoms with Gasteiger partial charge >= 0.3 is 5.97 Å². The zero-order valence-corrected chi connectivity index (χ0v) is 12.0. The molecule has 0 radical (unpaired) electrons. The fourth-order valence-electron chi connectivity index (χ4n) is 1.90. The highest BCUT2D eigenvalue weighted by Gasteiger charge is 2.24. The third kappa shape index (κ3) is 2.87. The summed E-state index contributed by atoms with van der Waals surface area (Å²) >= 11 is 0. The zero-order chi connectivity index (χ0) is 15.8. The van der Waals surface area contributed by atoms with Crippen molar-refractivity contribution in [3.8, 4) is 0 Å². The van der Waals surface area contributed by atoms with Crippen molar-refractivity contribution in [2.45, 2.75) is 11.9 Å². The van der Waals surface area contributed by atoms with Crippen molar-refractivity contribution in [3.05, 3.63) is 41.3 Å². The molecule has 0 bridgehead atoms. The molecule has 1 heterocycles. The number of hydrogen-bond acceptors (Lipinski definition) is 4. The molecule has 2 aromatic rings. The Hall–Kier alpha value is -2.42. The number of hydrogen-bond donors (Lipinski definition) is 2. The lowest BCUT2D eigenvalue weighted by molar-refractivity contribution is 0.0697. The van der Waals surface area contributed by atoms with Crippen molar-refractivity contribution in [3.63, 3.8) is 0 Å². The van der Waals surface area contributed by atoms with E-state index >= 15 is 0 Å². The van der Waals surface area contributed by atoms with Crippen LogP contribution >= 0.6 is 0 Å². The van der Waals surface area contributed by atoms with E-state index in [0.717, 1.165) is 22.9 Å². The Morgan fingerprint density at radius 2 is 2.10 bits per heavy atom. The summed E-state index contributed by atoms with van der Waals surface area (Å²) in [6, 6.07) is 2.78. The van der Waals surface area contributed by atoms with Gasteiger partial charge in [0.1, 0.15) is 5.82 Å². The highest BCUT2D eigenvalue weighted by molar-refractivity contribution is 7.92. The molecule has 0 spiro atoms. The fourth-order valence-corrected chi connectivity index (χ4v) is 3.33. The summed E-state index contributed by atoms with van der Waals surface area (Å²) in [4.78, 5) is 11.1. The molecule has 0 aliphatic rings. The summed E-state index contributed by atoms with van der Waals surface area (Å²) in [6.07, 6.45) is 1.37. The van der Waals surface area contributed by atoms with E-state index in [0.29, 0.717) is 5.56 Å². The van der Waals surface area contributed by atoms with Crippen LogP contribution in [0.15, 0.2) is 29.4 Å². The molecule has 2 N–H and O–H groups in total. The molecule has 0 fully saturated rings. The highest BCUT2D eigenvalue weighted by Crippen LogP contribution is 2.22. The number of nitrogens with zero attached hydrogens (tertiary/aromatic N) is 2. The summed E-state index contributed by atoms with van der Waals surface area (Å²) < 4.78 is 41.0. The summed E-state index contributed by atoms with van der Waals surface area (Å²) in [5.41, 5.74) is -0.285. The quantitative estimate of drug-likeness (QED) is 0.887. The molecule has 0 amide bonds. The van der Waals surface area contributed by atoms with Crippen molar-refractivity contribution in [1.82, 2.24) is 9.78 Å². The van der Waals surface area contributed by atoms with Crippen LogP contribution in [0.4, 0.5) is 10.1 Å². The third-order valence-electron chi connectivity index (χ3n) is 2.77. The number of aromatic carboxylic acids is 1. The number of carbonyl (C=O) groups is 1. The lowest BCUT2D eigenvalue weighted by Crippen LogP contribution is -2.19. The molecule has 0 aliphatic carbocycles. The minimum absolute atomic E-state index is 0.0943. The van der Waals surface area contributed by atoms with Crippen LogP contribution in [0.3, 0.4) is 0 Å². The molecule has 0 aliphatic heterocycles. The number of carboxylic acid groups (broad SMARTS) is 1. The predicted molar refractivity (Wildman–Crippen MR) is 72.1 cm³/mol. The summed E-state index contributed by atoms with van der Waals surface area (Å²) in [6.45, 7) is 1.56. The Bertz CT molecular complexity index is 794. The van der Waals surface area contributed by atoms with Crippen LogP contribution in [-0.4, -0.2) is 29.3 Å². The molecule has 112 valence electrons. The Labute approximate surface area is 120 Å². The van der Waals surface area contributed by atoms with Gasteiger partial charge in [0.25, 0.3) is 10.0 Å². The first kappa shape index (κ1) is 15.0. The van der Waals surface area contributed by atoms with E-state index in [4.69, 9.17) is 5.11 Å². The van der Waals surface area contributed by atoms with Gasteiger partial charge in [-0.25, -0.2) is 9.18 Å². The summed E-state index contributed by atoms with van der Waals surface area (Å²) in [5.74, 6) is -2.21. The van der Waals surface area contributed by atoms with Gasteiger partial charge in [0.2, 0.25) is 0 Å². The average molecular weight is 313 g/mol. The van der Waals surface area contributed by atoms with Gasteiger partial charge in [0, 0.05) is 12.6 Å². The second-order valence-corrected chi connectivity index (χ2v) is 5.95. The molecule has 21 heavy (non-hydrogen) atoms. The first-order valence-electron chi connectivity index (χ1n) is 5.76. The molecule has 9 heteroatoms. The second-order valence-electron chi connectivity index (χ2n) is 4.36. The van der Waals surface area contributed by atoms with E-state index in [1.807, 2.05) is 0 Å². The topological polar surface area (TPSA) is 101 Å². The van der Waals surface area contributed by atoms with Crippen LogP contribution in [0.5, 0.6) is 0 Å². The van der Waals surface area contributed by atoms with Crippen LogP contribution in [0.25, 0.3) is 0 Å². The molecule has 0 unspecified atom stereocenters. The number of aryl methyl sites for hydroxylation is 2. The van der Waals surface area contributed by atoms with E-state index in [-0.39, 0.29) is 10.7 Å². The molecule has 1 aromatic heterocycles. The van der Waals surface area contributed by atoms with Gasteiger partial charge < -0.3 is 5.11 Å². The van der Waals surface area contributed by atoms with Crippen molar-refractivity contribution < 1.29 is 22.7 Å². The number of halogens is 1. The van der Waals surface area contributed by atoms with Gasteiger partial charge in [-0.2, -0.15) is 13.5 Å². The Morgan fingerprint density at radius 3 is 2.62 bits per heavy atom. The molecule has 0 atom stereocenters. The monoisotopic (exact) mass is 313 g/mol. The minimum Gasteiger partial charge on any atom is -0.478 e. The first-order valence-corrected chi connectivity index (χ1v) is 7.25. The predicted octanol–water partition coefficient (Wildman–Crippen LogP) is 1.37. The smallest absolute Gasteiger partial charge is 0.337 e. The van der Waals surface area contributed by atoms with E-state index < -0.39 is 27.4 Å². The number of benzene rings is 1. The molecule has 1 aromatic carbocycles. The van der Waals surface area contributed by atoms with Crippen LogP contribution < -0.4 is 4.72 Å². The van der Waals surface area contributed by atoms with E-state index in [1.54, 1.807) is 6.92 Å². The molecule has 2 rings (SSSR count). The van der Waals surface area contributed by atoms with E-state index in [1.165, 1.54) is 13.2 Å². The lowest BCUT2D eigenvalue weighted by atomic mass is 10.2. The Morgan fingerprint density at radius 1 is 1.43 bits per heavy atom. The van der Waals surface area contributed by atoms with Gasteiger partial charge in [-0.15, -0.1) is 0 Å². The number of sulfonamides is 1. The van der Waals surface area contributed by atoms with Gasteiger partial charge in [-0.3, -0.25) is 9.40 Å². The number of aromatic nitrogens is 2. The van der Waals surface area contributed by atoms with Crippen molar-refractivity contribution in [1.29, 1.82) is 0 Å². The highest BCUT2D eigenvalue weighted by atomic mass is 32.2. The minimum atomic E-state index is -4.04. The largest absolute Gasteiger partial charge is 0.478 e. The van der Waals surface area contributed by atoms with Crippen LogP contribution in [0, 0.1) is 12.7 Å². The molecular formula is C12H12FN3O4S. The Kier molecular flexibility index (Phi) is 3.69. The SMILES string of the molecule is Cc1cnn(C)c1S(=O)(=O)Nc1ccc(F)cc1C(=O)O. The summed E-state index contributed by atoms with van der Waals surface area (Å²) in [5, 5.41) is 12.7. The van der Waals surface area contributed by atoms with Gasteiger partial charge in [0.15, 0.2) is 5.03 Å². The first-order chi connectivity index (χ1) is 9.72. The van der Waals surface area contributed by atoms with Gasteiger partial charge in [0.05, 0.1) is 17.4 Å². The Balaban J connectivity index is 2.50. The summed E-state index contributed by atoms with van der Waals surface area (Å²) in [7, 11) is -2.59.